The Balaban J connectivity index is 2.16. The number of benzene rings is 1. The van der Waals surface area contributed by atoms with E-state index in [9.17, 15) is 9.59 Å². The summed E-state index contributed by atoms with van der Waals surface area (Å²) in [6.07, 6.45) is 2.66. The number of imidazole rings is 2. The van der Waals surface area contributed by atoms with E-state index in [0.717, 1.165) is 11.3 Å². The summed E-state index contributed by atoms with van der Waals surface area (Å²) in [4.78, 5) is 30.3. The molecule has 0 amide bonds. The summed E-state index contributed by atoms with van der Waals surface area (Å²) in [5.41, 5.74) is 2.30. The fraction of sp³-hybridized carbons (Fsp3) is 0.350. The molecule has 7 heteroatoms. The van der Waals surface area contributed by atoms with Crippen molar-refractivity contribution >= 4 is 16.9 Å². The Kier molecular flexibility index (Phi) is 4.02. The summed E-state index contributed by atoms with van der Waals surface area (Å²) >= 11 is 0. The Hall–Kier alpha value is -3.09. The second kappa shape index (κ2) is 6.26. The lowest BCUT2D eigenvalue weighted by molar-refractivity contribution is 0.592. The predicted molar refractivity (Wildman–Crippen MR) is 106 cm³/mol. The van der Waals surface area contributed by atoms with Crippen molar-refractivity contribution in [2.45, 2.75) is 39.8 Å². The van der Waals surface area contributed by atoms with Crippen molar-refractivity contribution in [3.8, 4) is 11.3 Å². The van der Waals surface area contributed by atoms with Gasteiger partial charge in [0, 0.05) is 25.8 Å². The molecular formula is C20H23N5O2. The fourth-order valence-electron chi connectivity index (χ4n) is 3.67. The van der Waals surface area contributed by atoms with Gasteiger partial charge in [-0.25, -0.2) is 4.79 Å². The van der Waals surface area contributed by atoms with Crippen molar-refractivity contribution in [1.82, 2.24) is 23.1 Å². The topological polar surface area (TPSA) is 66.2 Å². The van der Waals surface area contributed by atoms with Crippen LogP contribution in [0.25, 0.3) is 28.2 Å². The van der Waals surface area contributed by atoms with Crippen LogP contribution in [0.1, 0.15) is 33.2 Å². The Morgan fingerprint density at radius 1 is 1.11 bits per heavy atom. The van der Waals surface area contributed by atoms with Gasteiger partial charge in [0.15, 0.2) is 11.2 Å². The van der Waals surface area contributed by atoms with Gasteiger partial charge in [0.05, 0.1) is 5.69 Å². The lowest BCUT2D eigenvalue weighted by Gasteiger charge is -2.12. The van der Waals surface area contributed by atoms with Crippen molar-refractivity contribution in [1.29, 1.82) is 0 Å². The van der Waals surface area contributed by atoms with E-state index < -0.39 is 0 Å². The minimum atomic E-state index is -0.325. The third-order valence-electron chi connectivity index (χ3n) is 4.92. The van der Waals surface area contributed by atoms with E-state index in [1.54, 1.807) is 7.05 Å². The Labute approximate surface area is 156 Å². The van der Waals surface area contributed by atoms with Gasteiger partial charge in [-0.05, 0) is 25.8 Å². The van der Waals surface area contributed by atoms with Gasteiger partial charge in [-0.1, -0.05) is 37.3 Å². The van der Waals surface area contributed by atoms with E-state index in [1.165, 1.54) is 9.13 Å². The molecule has 3 heterocycles. The number of hydrogen-bond donors (Lipinski definition) is 0. The first-order chi connectivity index (χ1) is 13.0. The van der Waals surface area contributed by atoms with E-state index in [-0.39, 0.29) is 17.3 Å². The van der Waals surface area contributed by atoms with Gasteiger partial charge in [-0.2, -0.15) is 4.98 Å². The van der Waals surface area contributed by atoms with E-state index >= 15 is 0 Å². The third-order valence-corrected chi connectivity index (χ3v) is 4.92. The highest BCUT2D eigenvalue weighted by Crippen LogP contribution is 2.28. The molecule has 7 nitrogen and oxygen atoms in total. The number of aryl methyl sites for hydroxylation is 1. The lowest BCUT2D eigenvalue weighted by atomic mass is 10.1. The van der Waals surface area contributed by atoms with Gasteiger partial charge in [0.2, 0.25) is 5.78 Å². The first kappa shape index (κ1) is 17.3. The summed E-state index contributed by atoms with van der Waals surface area (Å²) in [5.74, 6) is 0.667. The molecule has 0 N–H and O–H groups in total. The van der Waals surface area contributed by atoms with E-state index in [0.29, 0.717) is 29.9 Å². The van der Waals surface area contributed by atoms with E-state index in [2.05, 4.69) is 23.4 Å². The van der Waals surface area contributed by atoms with Gasteiger partial charge in [-0.3, -0.25) is 18.3 Å². The number of rotatable bonds is 4. The summed E-state index contributed by atoms with van der Waals surface area (Å²) in [6, 6.07) is 10.2. The first-order valence-electron chi connectivity index (χ1n) is 9.24. The van der Waals surface area contributed by atoms with Crippen LogP contribution in [0.5, 0.6) is 0 Å². The molecule has 1 aromatic carbocycles. The van der Waals surface area contributed by atoms with E-state index in [1.807, 2.05) is 47.9 Å². The molecule has 0 radical (unpaired) electrons. The van der Waals surface area contributed by atoms with Gasteiger partial charge in [0.25, 0.3) is 5.56 Å². The quantitative estimate of drug-likeness (QED) is 0.558. The Bertz CT molecular complexity index is 1260. The summed E-state index contributed by atoms with van der Waals surface area (Å²) in [7, 11) is 1.67. The van der Waals surface area contributed by atoms with Gasteiger partial charge < -0.3 is 4.57 Å². The van der Waals surface area contributed by atoms with Crippen molar-refractivity contribution in [2.75, 3.05) is 0 Å². The normalized spacial score (nSPS) is 11.9. The van der Waals surface area contributed by atoms with Crippen molar-refractivity contribution in [3.63, 3.8) is 0 Å². The average molecular weight is 365 g/mol. The molecule has 4 rings (SSSR count). The molecule has 140 valence electrons. The van der Waals surface area contributed by atoms with Crippen LogP contribution in [0.3, 0.4) is 0 Å². The predicted octanol–water partition coefficient (Wildman–Crippen LogP) is 2.81. The van der Waals surface area contributed by atoms with Gasteiger partial charge in [0.1, 0.15) is 0 Å². The monoisotopic (exact) mass is 365 g/mol. The minimum Gasteiger partial charge on any atom is -0.307 e. The summed E-state index contributed by atoms with van der Waals surface area (Å²) < 4.78 is 6.69. The molecule has 0 unspecified atom stereocenters. The SMILES string of the molecule is CCCn1c(=O)c2c(nc3n(C(C)C)c(-c4ccccc4)cn23)n(C)c1=O. The molecule has 27 heavy (non-hydrogen) atoms. The van der Waals surface area contributed by atoms with Gasteiger partial charge >= 0.3 is 5.69 Å². The highest BCUT2D eigenvalue weighted by Gasteiger charge is 2.22. The molecule has 0 spiro atoms. The highest BCUT2D eigenvalue weighted by atomic mass is 16.2. The molecular weight excluding hydrogens is 342 g/mol. The van der Waals surface area contributed by atoms with Crippen LogP contribution in [0.2, 0.25) is 0 Å². The zero-order chi connectivity index (χ0) is 19.3. The molecule has 4 aromatic rings. The number of fused-ring (bicyclic) bond motifs is 3. The lowest BCUT2D eigenvalue weighted by Crippen LogP contribution is -2.39. The number of aromatic nitrogens is 5. The second-order valence-corrected chi connectivity index (χ2v) is 7.10. The molecule has 0 aliphatic carbocycles. The number of hydrogen-bond acceptors (Lipinski definition) is 3. The van der Waals surface area contributed by atoms with Crippen LogP contribution in [0.4, 0.5) is 0 Å². The molecule has 0 saturated heterocycles. The van der Waals surface area contributed by atoms with Crippen molar-refractivity contribution in [3.05, 3.63) is 57.4 Å². The van der Waals surface area contributed by atoms with Crippen LogP contribution in [0.15, 0.2) is 46.1 Å². The van der Waals surface area contributed by atoms with Gasteiger partial charge in [-0.15, -0.1) is 0 Å². The maximum atomic E-state index is 13.1. The number of nitrogens with zero attached hydrogens (tertiary/aromatic N) is 5. The van der Waals surface area contributed by atoms with Crippen LogP contribution in [0, 0.1) is 0 Å². The Morgan fingerprint density at radius 2 is 1.81 bits per heavy atom. The molecule has 0 saturated carbocycles. The zero-order valence-corrected chi connectivity index (χ0v) is 16.0. The molecule has 3 aromatic heterocycles. The molecule has 0 fully saturated rings. The highest BCUT2D eigenvalue weighted by molar-refractivity contribution is 5.78. The maximum absolute atomic E-state index is 13.1. The first-order valence-corrected chi connectivity index (χ1v) is 9.24. The average Bonchev–Trinajstić information content (AvgIpc) is 3.20. The maximum Gasteiger partial charge on any atom is 0.332 e. The van der Waals surface area contributed by atoms with Crippen molar-refractivity contribution < 1.29 is 0 Å². The molecule has 0 aliphatic heterocycles. The second-order valence-electron chi connectivity index (χ2n) is 7.10. The smallest absolute Gasteiger partial charge is 0.307 e. The summed E-state index contributed by atoms with van der Waals surface area (Å²) in [6.45, 7) is 6.51. The molecule has 0 bridgehead atoms. The minimum absolute atomic E-state index is 0.143. The largest absolute Gasteiger partial charge is 0.332 e. The standard InChI is InChI=1S/C20H23N5O2/c1-5-11-23-18(26)16-17(22(4)20(23)27)21-19-24(16)12-15(25(19)13(2)3)14-9-7-6-8-10-14/h6-10,12-13H,5,11H2,1-4H3. The van der Waals surface area contributed by atoms with Crippen LogP contribution >= 0.6 is 0 Å². The van der Waals surface area contributed by atoms with Crippen molar-refractivity contribution in [2.24, 2.45) is 7.05 Å². The summed E-state index contributed by atoms with van der Waals surface area (Å²) in [5, 5.41) is 0. The van der Waals surface area contributed by atoms with E-state index in [4.69, 9.17) is 0 Å². The van der Waals surface area contributed by atoms with Crippen LogP contribution in [-0.2, 0) is 13.6 Å². The zero-order valence-electron chi connectivity index (χ0n) is 16.0. The molecule has 0 atom stereocenters. The third kappa shape index (κ3) is 2.45. The van der Waals surface area contributed by atoms with Crippen LogP contribution < -0.4 is 11.2 Å². The molecule has 0 aliphatic rings. The Morgan fingerprint density at radius 3 is 2.44 bits per heavy atom. The van der Waals surface area contributed by atoms with Crippen LogP contribution in [-0.4, -0.2) is 23.1 Å². The fourth-order valence-corrected chi connectivity index (χ4v) is 3.67.